The van der Waals surface area contributed by atoms with Gasteiger partial charge in [0.05, 0.1) is 12.8 Å². The Morgan fingerprint density at radius 3 is 2.67 bits per heavy atom. The van der Waals surface area contributed by atoms with Crippen molar-refractivity contribution in [3.8, 4) is 11.1 Å². The van der Waals surface area contributed by atoms with E-state index in [4.69, 9.17) is 4.74 Å². The molecule has 0 N–H and O–H groups in total. The molecule has 0 fully saturated rings. The van der Waals surface area contributed by atoms with Crippen LogP contribution in [0.1, 0.15) is 15.2 Å². The van der Waals surface area contributed by atoms with Crippen LogP contribution in [0, 0.1) is 0 Å². The van der Waals surface area contributed by atoms with Gasteiger partial charge in [0.15, 0.2) is 0 Å². The Balaban J connectivity index is 1.73. The number of pyridine rings is 1. The first-order chi connectivity index (χ1) is 13.0. The van der Waals surface area contributed by atoms with Gasteiger partial charge >= 0.3 is 5.97 Å². The Morgan fingerprint density at radius 2 is 1.93 bits per heavy atom. The average molecular weight is 400 g/mol. The molecule has 0 amide bonds. The summed E-state index contributed by atoms with van der Waals surface area (Å²) in [5.74, 6) is -0.643. The van der Waals surface area contributed by atoms with Crippen molar-refractivity contribution in [3.63, 3.8) is 0 Å². The van der Waals surface area contributed by atoms with E-state index in [2.05, 4.69) is 4.98 Å². The highest BCUT2D eigenvalue weighted by Crippen LogP contribution is 2.37. The Labute approximate surface area is 161 Å². The molecule has 8 heteroatoms. The van der Waals surface area contributed by atoms with Crippen LogP contribution in [0.25, 0.3) is 11.1 Å². The molecule has 0 aliphatic carbocycles. The van der Waals surface area contributed by atoms with Crippen molar-refractivity contribution in [2.24, 2.45) is 0 Å². The summed E-state index contributed by atoms with van der Waals surface area (Å²) in [4.78, 5) is 16.0. The molecule has 3 aromatic rings. The molecule has 0 radical (unpaired) electrons. The third kappa shape index (κ3) is 3.00. The number of carbonyl (C=O) groups is 1. The quantitative estimate of drug-likeness (QED) is 0.628. The largest absolute Gasteiger partial charge is 0.465 e. The zero-order valence-electron chi connectivity index (χ0n) is 14.5. The molecule has 0 saturated heterocycles. The first-order valence-electron chi connectivity index (χ1n) is 8.24. The van der Waals surface area contributed by atoms with Crippen LogP contribution in [0.4, 0.5) is 5.69 Å². The lowest BCUT2D eigenvalue weighted by Crippen LogP contribution is -2.29. The van der Waals surface area contributed by atoms with E-state index in [1.165, 1.54) is 17.5 Å². The lowest BCUT2D eigenvalue weighted by molar-refractivity contribution is 0.0602. The molecule has 0 bridgehead atoms. The summed E-state index contributed by atoms with van der Waals surface area (Å²) >= 11 is 1.06. The van der Waals surface area contributed by atoms with Crippen LogP contribution in [0.2, 0.25) is 0 Å². The Kier molecular flexibility index (Phi) is 4.45. The molecule has 4 rings (SSSR count). The van der Waals surface area contributed by atoms with Gasteiger partial charge in [0, 0.05) is 18.9 Å². The number of methoxy groups -OCH3 is 1. The zero-order chi connectivity index (χ0) is 19.0. The van der Waals surface area contributed by atoms with Crippen molar-refractivity contribution in [3.05, 3.63) is 64.6 Å². The number of hydrogen-bond acceptors (Lipinski definition) is 6. The predicted molar refractivity (Wildman–Crippen MR) is 104 cm³/mol. The molecule has 138 valence electrons. The summed E-state index contributed by atoms with van der Waals surface area (Å²) in [7, 11) is -2.60. The highest BCUT2D eigenvalue weighted by Gasteiger charge is 2.34. The average Bonchev–Trinajstić information content (AvgIpc) is 3.35. The highest BCUT2D eigenvalue weighted by atomic mass is 32.2. The molecular weight excluding hydrogens is 384 g/mol. The SMILES string of the molecule is COC(=O)c1sccc1S(=O)(=O)N1CCc2cc(-c3ccncc3)ccc21. The van der Waals surface area contributed by atoms with Crippen LogP contribution in [-0.4, -0.2) is 33.0 Å². The summed E-state index contributed by atoms with van der Waals surface area (Å²) in [6, 6.07) is 11.0. The lowest BCUT2D eigenvalue weighted by Gasteiger charge is -2.19. The van der Waals surface area contributed by atoms with E-state index in [-0.39, 0.29) is 9.77 Å². The van der Waals surface area contributed by atoms with Crippen LogP contribution < -0.4 is 4.31 Å². The molecular formula is C19H16N2O4S2. The normalized spacial score (nSPS) is 13.4. The summed E-state index contributed by atoms with van der Waals surface area (Å²) in [6.07, 6.45) is 4.07. The van der Waals surface area contributed by atoms with E-state index in [1.807, 2.05) is 30.3 Å². The number of thiophene rings is 1. The van der Waals surface area contributed by atoms with E-state index < -0.39 is 16.0 Å². The minimum absolute atomic E-state index is 0.00888. The zero-order valence-corrected chi connectivity index (χ0v) is 16.1. The fourth-order valence-corrected chi connectivity index (χ4v) is 6.02. The van der Waals surface area contributed by atoms with E-state index >= 15 is 0 Å². The van der Waals surface area contributed by atoms with Gasteiger partial charge in [-0.2, -0.15) is 0 Å². The smallest absolute Gasteiger partial charge is 0.349 e. The Hall–Kier alpha value is -2.71. The molecule has 0 unspecified atom stereocenters. The summed E-state index contributed by atoms with van der Waals surface area (Å²) in [5, 5.41) is 1.59. The van der Waals surface area contributed by atoms with Crippen LogP contribution in [-0.2, 0) is 21.2 Å². The number of sulfonamides is 1. The molecule has 3 heterocycles. The monoisotopic (exact) mass is 400 g/mol. The number of esters is 1. The minimum Gasteiger partial charge on any atom is -0.465 e. The molecule has 6 nitrogen and oxygen atoms in total. The van der Waals surface area contributed by atoms with Gasteiger partial charge < -0.3 is 4.74 Å². The maximum absolute atomic E-state index is 13.2. The topological polar surface area (TPSA) is 76.6 Å². The van der Waals surface area contributed by atoms with Crippen molar-refractivity contribution in [2.45, 2.75) is 11.3 Å². The first kappa shape index (κ1) is 17.7. The van der Waals surface area contributed by atoms with Crippen LogP contribution in [0.3, 0.4) is 0 Å². The van der Waals surface area contributed by atoms with Crippen molar-refractivity contribution in [1.82, 2.24) is 4.98 Å². The van der Waals surface area contributed by atoms with Gasteiger partial charge in [0.1, 0.15) is 9.77 Å². The van der Waals surface area contributed by atoms with E-state index in [9.17, 15) is 13.2 Å². The maximum atomic E-state index is 13.2. The van der Waals surface area contributed by atoms with Crippen LogP contribution in [0.5, 0.6) is 0 Å². The van der Waals surface area contributed by atoms with Crippen LogP contribution >= 0.6 is 11.3 Å². The molecule has 2 aromatic heterocycles. The number of fused-ring (bicyclic) bond motifs is 1. The number of carbonyl (C=O) groups excluding carboxylic acids is 1. The van der Waals surface area contributed by atoms with Crippen molar-refractivity contribution in [1.29, 1.82) is 0 Å². The summed E-state index contributed by atoms with van der Waals surface area (Å²) < 4.78 is 32.4. The molecule has 1 aliphatic heterocycles. The molecule has 0 saturated carbocycles. The van der Waals surface area contributed by atoms with Gasteiger partial charge in [-0.1, -0.05) is 6.07 Å². The number of ether oxygens (including phenoxy) is 1. The molecule has 1 aliphatic rings. The summed E-state index contributed by atoms with van der Waals surface area (Å²) in [6.45, 7) is 0.341. The second-order valence-electron chi connectivity index (χ2n) is 6.01. The van der Waals surface area contributed by atoms with E-state index in [0.29, 0.717) is 18.7 Å². The van der Waals surface area contributed by atoms with Crippen molar-refractivity contribution < 1.29 is 17.9 Å². The standard InChI is InChI=1S/C19H16N2O4S2/c1-25-19(22)18-17(7-11-26-18)27(23,24)21-10-6-15-12-14(2-3-16(15)21)13-4-8-20-9-5-13/h2-5,7-9,11-12H,6,10H2,1H3. The number of aromatic nitrogens is 1. The second kappa shape index (κ2) is 6.79. The van der Waals surface area contributed by atoms with Gasteiger partial charge in [-0.25, -0.2) is 13.2 Å². The van der Waals surface area contributed by atoms with Gasteiger partial charge in [-0.3, -0.25) is 9.29 Å². The van der Waals surface area contributed by atoms with Gasteiger partial charge in [0.25, 0.3) is 10.0 Å². The Bertz CT molecular complexity index is 1110. The Morgan fingerprint density at radius 1 is 1.15 bits per heavy atom. The molecule has 1 aromatic carbocycles. The van der Waals surface area contributed by atoms with Crippen LogP contribution in [0.15, 0.2) is 59.1 Å². The number of anilines is 1. The predicted octanol–water partition coefficient (Wildman–Crippen LogP) is 3.35. The van der Waals surface area contributed by atoms with Gasteiger partial charge in [0.2, 0.25) is 0 Å². The highest BCUT2D eigenvalue weighted by molar-refractivity contribution is 7.93. The fraction of sp³-hybridized carbons (Fsp3) is 0.158. The molecule has 0 spiro atoms. The maximum Gasteiger partial charge on any atom is 0.349 e. The number of hydrogen-bond donors (Lipinski definition) is 0. The second-order valence-corrected chi connectivity index (χ2v) is 8.76. The van der Waals surface area contributed by atoms with Gasteiger partial charge in [-0.05, 0) is 58.8 Å². The first-order valence-corrected chi connectivity index (χ1v) is 10.6. The number of nitrogens with zero attached hydrogens (tertiary/aromatic N) is 2. The minimum atomic E-state index is -3.84. The lowest BCUT2D eigenvalue weighted by atomic mass is 10.0. The van der Waals surface area contributed by atoms with Crippen molar-refractivity contribution >= 4 is 33.0 Å². The van der Waals surface area contributed by atoms with E-state index in [0.717, 1.165) is 28.0 Å². The number of rotatable bonds is 4. The fourth-order valence-electron chi connectivity index (χ4n) is 3.21. The van der Waals surface area contributed by atoms with Gasteiger partial charge in [-0.15, -0.1) is 11.3 Å². The molecule has 27 heavy (non-hydrogen) atoms. The summed E-state index contributed by atoms with van der Waals surface area (Å²) in [5.41, 5.74) is 3.65. The van der Waals surface area contributed by atoms with E-state index in [1.54, 1.807) is 17.8 Å². The third-order valence-corrected chi connectivity index (χ3v) is 7.39. The third-order valence-electron chi connectivity index (χ3n) is 4.51. The molecule has 0 atom stereocenters. The van der Waals surface area contributed by atoms with Crippen molar-refractivity contribution in [2.75, 3.05) is 18.0 Å². The number of benzene rings is 1.